The summed E-state index contributed by atoms with van der Waals surface area (Å²) < 4.78 is 0. The van der Waals surface area contributed by atoms with Crippen molar-refractivity contribution < 1.29 is 24.6 Å². The van der Waals surface area contributed by atoms with Gasteiger partial charge in [-0.3, -0.25) is 14.4 Å². The van der Waals surface area contributed by atoms with Gasteiger partial charge in [-0.1, -0.05) is 60.7 Å². The second-order valence-corrected chi connectivity index (χ2v) is 7.85. The van der Waals surface area contributed by atoms with Gasteiger partial charge in [0.1, 0.15) is 0 Å². The number of aliphatic carboxylic acids is 2. The molecule has 0 saturated heterocycles. The SMILES string of the molecule is C[C@@]12C(=O)[C@](C)(C(c3ccccc3)=C1c1ccccc1)[C@@H](C(=O)O)[C@H]2C(=O)O. The van der Waals surface area contributed by atoms with Crippen LogP contribution in [-0.4, -0.2) is 27.9 Å². The van der Waals surface area contributed by atoms with Gasteiger partial charge >= 0.3 is 11.9 Å². The average molecular weight is 376 g/mol. The third-order valence-corrected chi connectivity index (χ3v) is 6.47. The number of carbonyl (C=O) groups excluding carboxylic acids is 1. The van der Waals surface area contributed by atoms with Crippen molar-refractivity contribution in [1.82, 2.24) is 0 Å². The summed E-state index contributed by atoms with van der Waals surface area (Å²) in [5, 5.41) is 19.9. The van der Waals surface area contributed by atoms with Gasteiger partial charge < -0.3 is 10.2 Å². The highest BCUT2D eigenvalue weighted by atomic mass is 16.4. The monoisotopic (exact) mass is 376 g/mol. The number of hydrogen-bond acceptors (Lipinski definition) is 3. The molecule has 0 amide bonds. The van der Waals surface area contributed by atoms with E-state index in [0.717, 1.165) is 11.1 Å². The molecule has 4 atom stereocenters. The van der Waals surface area contributed by atoms with E-state index in [-0.39, 0.29) is 5.78 Å². The normalized spacial score (nSPS) is 31.3. The number of rotatable bonds is 4. The van der Waals surface area contributed by atoms with Crippen molar-refractivity contribution in [2.45, 2.75) is 13.8 Å². The molecule has 142 valence electrons. The van der Waals surface area contributed by atoms with Crippen LogP contribution in [0.25, 0.3) is 11.1 Å². The van der Waals surface area contributed by atoms with E-state index in [1.54, 1.807) is 13.8 Å². The van der Waals surface area contributed by atoms with Crippen LogP contribution in [-0.2, 0) is 14.4 Å². The maximum absolute atomic E-state index is 13.6. The molecule has 5 nitrogen and oxygen atoms in total. The minimum absolute atomic E-state index is 0.336. The molecule has 0 aliphatic heterocycles. The van der Waals surface area contributed by atoms with Gasteiger partial charge in [-0.15, -0.1) is 0 Å². The van der Waals surface area contributed by atoms with E-state index in [1.165, 1.54) is 0 Å². The van der Waals surface area contributed by atoms with Crippen molar-refractivity contribution in [2.24, 2.45) is 22.7 Å². The second kappa shape index (κ2) is 5.89. The van der Waals surface area contributed by atoms with Gasteiger partial charge in [-0.25, -0.2) is 0 Å². The van der Waals surface area contributed by atoms with Crippen molar-refractivity contribution in [2.75, 3.05) is 0 Å². The Kier molecular flexibility index (Phi) is 3.82. The van der Waals surface area contributed by atoms with Crippen LogP contribution < -0.4 is 0 Å². The van der Waals surface area contributed by atoms with Gasteiger partial charge in [0.2, 0.25) is 0 Å². The Labute approximate surface area is 162 Å². The number of carboxylic acids is 2. The summed E-state index contributed by atoms with van der Waals surface area (Å²) >= 11 is 0. The molecular weight excluding hydrogens is 356 g/mol. The molecule has 4 rings (SSSR count). The fourth-order valence-electron chi connectivity index (χ4n) is 5.42. The Morgan fingerprint density at radius 2 is 1.04 bits per heavy atom. The van der Waals surface area contributed by atoms with E-state index in [4.69, 9.17) is 0 Å². The van der Waals surface area contributed by atoms with Crippen LogP contribution in [0.4, 0.5) is 0 Å². The highest BCUT2D eigenvalue weighted by molar-refractivity contribution is 6.26. The minimum Gasteiger partial charge on any atom is -0.481 e. The van der Waals surface area contributed by atoms with E-state index in [1.807, 2.05) is 60.7 Å². The first-order valence-corrected chi connectivity index (χ1v) is 9.12. The van der Waals surface area contributed by atoms with Crippen molar-refractivity contribution in [3.05, 3.63) is 71.8 Å². The molecule has 28 heavy (non-hydrogen) atoms. The standard InChI is InChI=1S/C23H20O5/c1-22-15(13-9-5-3-6-10-13)16(14-11-7-4-8-12-14)23(2,21(22)28)18(20(26)27)17(22)19(24)25/h3-12,17-18H,1-2H3,(H,24,25)(H,26,27)/t17-,18+,22-,23-/m1/s1. The number of hydrogen-bond donors (Lipinski definition) is 2. The fraction of sp³-hybridized carbons (Fsp3) is 0.261. The molecule has 0 radical (unpaired) electrons. The Morgan fingerprint density at radius 3 is 1.32 bits per heavy atom. The van der Waals surface area contributed by atoms with Crippen LogP contribution in [0.2, 0.25) is 0 Å². The Morgan fingerprint density at radius 1 is 0.714 bits per heavy atom. The van der Waals surface area contributed by atoms with Gasteiger partial charge in [0.15, 0.2) is 5.78 Å². The fourth-order valence-corrected chi connectivity index (χ4v) is 5.42. The lowest BCUT2D eigenvalue weighted by atomic mass is 9.62. The highest BCUT2D eigenvalue weighted by Gasteiger charge is 2.75. The van der Waals surface area contributed by atoms with E-state index in [2.05, 4.69) is 0 Å². The van der Waals surface area contributed by atoms with Crippen molar-refractivity contribution in [3.8, 4) is 0 Å². The van der Waals surface area contributed by atoms with Crippen LogP contribution in [0.5, 0.6) is 0 Å². The summed E-state index contributed by atoms with van der Waals surface area (Å²) in [5.41, 5.74) is -0.104. The summed E-state index contributed by atoms with van der Waals surface area (Å²) in [7, 11) is 0. The Balaban J connectivity index is 2.15. The van der Waals surface area contributed by atoms with Crippen molar-refractivity contribution in [1.29, 1.82) is 0 Å². The third kappa shape index (κ3) is 2.04. The molecule has 1 saturated carbocycles. The maximum atomic E-state index is 13.6. The molecule has 2 N–H and O–H groups in total. The molecular formula is C23H20O5. The summed E-state index contributed by atoms with van der Waals surface area (Å²) in [6, 6.07) is 18.4. The molecule has 0 heterocycles. The van der Waals surface area contributed by atoms with Crippen LogP contribution in [0, 0.1) is 22.7 Å². The molecule has 0 aromatic heterocycles. The number of carbonyl (C=O) groups is 3. The molecule has 2 bridgehead atoms. The zero-order valence-electron chi connectivity index (χ0n) is 15.5. The van der Waals surface area contributed by atoms with Gasteiger partial charge in [-0.2, -0.15) is 0 Å². The van der Waals surface area contributed by atoms with Crippen LogP contribution >= 0.6 is 0 Å². The molecule has 0 spiro atoms. The first-order valence-electron chi connectivity index (χ1n) is 9.12. The molecule has 2 aliphatic carbocycles. The lowest BCUT2D eigenvalue weighted by Gasteiger charge is -2.37. The smallest absolute Gasteiger partial charge is 0.308 e. The predicted molar refractivity (Wildman–Crippen MR) is 103 cm³/mol. The molecule has 0 unspecified atom stereocenters. The lowest BCUT2D eigenvalue weighted by molar-refractivity contribution is -0.156. The molecule has 5 heteroatoms. The van der Waals surface area contributed by atoms with E-state index < -0.39 is 34.6 Å². The number of fused-ring (bicyclic) bond motifs is 2. The second-order valence-electron chi connectivity index (χ2n) is 7.85. The number of Topliss-reactive ketones (excluding diaryl/α,β-unsaturated/α-hetero) is 1. The number of allylic oxidation sites excluding steroid dienone is 2. The molecule has 1 fully saturated rings. The van der Waals surface area contributed by atoms with Crippen molar-refractivity contribution >= 4 is 28.9 Å². The van der Waals surface area contributed by atoms with E-state index in [9.17, 15) is 24.6 Å². The zero-order chi connectivity index (χ0) is 20.3. The van der Waals surface area contributed by atoms with Crippen LogP contribution in [0.15, 0.2) is 60.7 Å². The van der Waals surface area contributed by atoms with E-state index in [0.29, 0.717) is 11.1 Å². The van der Waals surface area contributed by atoms with Gasteiger partial charge in [0.05, 0.1) is 22.7 Å². The van der Waals surface area contributed by atoms with Gasteiger partial charge in [-0.05, 0) is 36.1 Å². The largest absolute Gasteiger partial charge is 0.481 e. The van der Waals surface area contributed by atoms with Crippen LogP contribution in [0.3, 0.4) is 0 Å². The number of ketones is 1. The first kappa shape index (κ1) is 18.2. The topological polar surface area (TPSA) is 91.7 Å². The van der Waals surface area contributed by atoms with E-state index >= 15 is 0 Å². The molecule has 2 aliphatic rings. The maximum Gasteiger partial charge on any atom is 0.308 e. The summed E-state index contributed by atoms with van der Waals surface area (Å²) in [6.45, 7) is 3.18. The Hall–Kier alpha value is -3.21. The number of benzene rings is 2. The molecule has 2 aromatic rings. The van der Waals surface area contributed by atoms with Gasteiger partial charge in [0.25, 0.3) is 0 Å². The minimum atomic E-state index is -1.42. The Bertz CT molecular complexity index is 942. The first-order chi connectivity index (χ1) is 13.3. The molecule has 2 aromatic carbocycles. The zero-order valence-corrected chi connectivity index (χ0v) is 15.5. The summed E-state index contributed by atoms with van der Waals surface area (Å²) in [4.78, 5) is 38.0. The lowest BCUT2D eigenvalue weighted by Crippen LogP contribution is -2.42. The number of carboxylic acid groups (broad SMARTS) is 2. The summed E-state index contributed by atoms with van der Waals surface area (Å²) in [6.07, 6.45) is 0. The highest BCUT2D eigenvalue weighted by Crippen LogP contribution is 2.71. The van der Waals surface area contributed by atoms with Crippen LogP contribution in [0.1, 0.15) is 25.0 Å². The van der Waals surface area contributed by atoms with Gasteiger partial charge in [0, 0.05) is 0 Å². The quantitative estimate of drug-likeness (QED) is 0.851. The third-order valence-electron chi connectivity index (χ3n) is 6.47. The average Bonchev–Trinajstić information content (AvgIpc) is 2.97. The predicted octanol–water partition coefficient (Wildman–Crippen LogP) is 3.61. The van der Waals surface area contributed by atoms with Crippen molar-refractivity contribution in [3.63, 3.8) is 0 Å². The summed E-state index contributed by atoms with van der Waals surface area (Å²) in [5.74, 6) is -5.51.